The Bertz CT molecular complexity index is 404. The Hall–Kier alpha value is -1.02. The monoisotopic (exact) mass is 289 g/mol. The average Bonchev–Trinajstić information content (AvgIpc) is 2.53. The number of benzene rings is 1. The molecule has 1 unspecified atom stereocenters. The normalized spacial score (nSPS) is 24.0. The Kier molecular flexibility index (Phi) is 6.10. The Morgan fingerprint density at radius 2 is 1.62 bits per heavy atom. The molecule has 1 aromatic rings. The Morgan fingerprint density at radius 3 is 2.10 bits per heavy atom. The van der Waals surface area contributed by atoms with E-state index < -0.39 is 0 Å². The van der Waals surface area contributed by atoms with E-state index in [1.807, 2.05) is 0 Å². The van der Waals surface area contributed by atoms with Gasteiger partial charge >= 0.3 is 0 Å². The largest absolute Gasteiger partial charge is 0.497 e. The van der Waals surface area contributed by atoms with Crippen molar-refractivity contribution in [3.8, 4) is 5.75 Å². The number of hydrogen-bond donors (Lipinski definition) is 1. The maximum absolute atomic E-state index is 5.27. The van der Waals surface area contributed by atoms with Crippen molar-refractivity contribution in [2.24, 2.45) is 17.8 Å². The summed E-state index contributed by atoms with van der Waals surface area (Å²) in [6.45, 7) is 7.98. The van der Waals surface area contributed by atoms with Crippen LogP contribution in [0.25, 0.3) is 0 Å². The van der Waals surface area contributed by atoms with Gasteiger partial charge in [-0.15, -0.1) is 0 Å². The summed E-state index contributed by atoms with van der Waals surface area (Å²) >= 11 is 0. The molecule has 0 amide bonds. The van der Waals surface area contributed by atoms with E-state index >= 15 is 0 Å². The number of ether oxygens (including phenoxy) is 1. The molecule has 2 heteroatoms. The summed E-state index contributed by atoms with van der Waals surface area (Å²) in [5, 5.41) is 3.71. The van der Waals surface area contributed by atoms with E-state index in [4.69, 9.17) is 4.74 Å². The number of hydrogen-bond acceptors (Lipinski definition) is 2. The second-order valence-electron chi connectivity index (χ2n) is 6.73. The molecule has 0 bridgehead atoms. The summed E-state index contributed by atoms with van der Waals surface area (Å²) in [5.41, 5.74) is 1.41. The predicted molar refractivity (Wildman–Crippen MR) is 89.7 cm³/mol. The molecule has 0 radical (unpaired) electrons. The van der Waals surface area contributed by atoms with E-state index in [1.165, 1.54) is 31.2 Å². The minimum absolute atomic E-state index is 0.494. The Morgan fingerprint density at radius 1 is 1.05 bits per heavy atom. The van der Waals surface area contributed by atoms with Crippen LogP contribution in [0.5, 0.6) is 5.75 Å². The first-order chi connectivity index (χ1) is 10.2. The van der Waals surface area contributed by atoms with Gasteiger partial charge in [0.2, 0.25) is 0 Å². The van der Waals surface area contributed by atoms with Crippen molar-refractivity contribution in [3.63, 3.8) is 0 Å². The minimum Gasteiger partial charge on any atom is -0.497 e. The van der Waals surface area contributed by atoms with Crippen LogP contribution in [0, 0.1) is 17.8 Å². The fourth-order valence-electron chi connectivity index (χ4n) is 3.73. The molecule has 0 aromatic heterocycles. The van der Waals surface area contributed by atoms with E-state index in [0.29, 0.717) is 6.04 Å². The van der Waals surface area contributed by atoms with Crippen LogP contribution in [-0.2, 0) is 0 Å². The lowest BCUT2D eigenvalue weighted by atomic mass is 9.73. The molecule has 1 aromatic carbocycles. The molecule has 1 fully saturated rings. The molecule has 118 valence electrons. The second kappa shape index (κ2) is 7.84. The molecule has 0 saturated heterocycles. The van der Waals surface area contributed by atoms with Gasteiger partial charge in [0.15, 0.2) is 0 Å². The molecule has 1 N–H and O–H groups in total. The maximum Gasteiger partial charge on any atom is 0.118 e. The molecule has 1 saturated carbocycles. The van der Waals surface area contributed by atoms with Crippen molar-refractivity contribution >= 4 is 0 Å². The first kappa shape index (κ1) is 16.4. The standard InChI is InChI=1S/C19H31NO/c1-5-20-19(17-10-12-18(21-4)13-11-17)16-8-6-15(7-9-16)14(2)3/h10-16,19-20H,5-9H2,1-4H3. The fraction of sp³-hybridized carbons (Fsp3) is 0.684. The molecule has 0 heterocycles. The summed E-state index contributed by atoms with van der Waals surface area (Å²) in [6, 6.07) is 9.11. The second-order valence-corrected chi connectivity index (χ2v) is 6.73. The van der Waals surface area contributed by atoms with E-state index in [1.54, 1.807) is 7.11 Å². The van der Waals surface area contributed by atoms with E-state index in [0.717, 1.165) is 30.0 Å². The van der Waals surface area contributed by atoms with E-state index in [2.05, 4.69) is 50.4 Å². The zero-order valence-electron chi connectivity index (χ0n) is 14.1. The van der Waals surface area contributed by atoms with Crippen molar-refractivity contribution < 1.29 is 4.74 Å². The minimum atomic E-state index is 0.494. The number of methoxy groups -OCH3 is 1. The highest BCUT2D eigenvalue weighted by molar-refractivity contribution is 5.29. The van der Waals surface area contributed by atoms with Crippen LogP contribution in [0.15, 0.2) is 24.3 Å². The highest BCUT2D eigenvalue weighted by Gasteiger charge is 2.29. The van der Waals surface area contributed by atoms with Crippen LogP contribution in [0.2, 0.25) is 0 Å². The predicted octanol–water partition coefficient (Wildman–Crippen LogP) is 4.81. The van der Waals surface area contributed by atoms with Gasteiger partial charge in [-0.1, -0.05) is 32.9 Å². The van der Waals surface area contributed by atoms with Crippen LogP contribution < -0.4 is 10.1 Å². The zero-order valence-corrected chi connectivity index (χ0v) is 14.1. The highest BCUT2D eigenvalue weighted by Crippen LogP contribution is 2.39. The van der Waals surface area contributed by atoms with Gasteiger partial charge in [0.25, 0.3) is 0 Å². The third-order valence-electron chi connectivity index (χ3n) is 5.13. The third-order valence-corrected chi connectivity index (χ3v) is 5.13. The fourth-order valence-corrected chi connectivity index (χ4v) is 3.73. The van der Waals surface area contributed by atoms with Crippen molar-refractivity contribution in [2.75, 3.05) is 13.7 Å². The lowest BCUT2D eigenvalue weighted by Crippen LogP contribution is -2.31. The molecule has 0 aliphatic heterocycles. The van der Waals surface area contributed by atoms with Crippen LogP contribution in [0.4, 0.5) is 0 Å². The summed E-state index contributed by atoms with van der Waals surface area (Å²) in [6.07, 6.45) is 5.49. The van der Waals surface area contributed by atoms with Crippen LogP contribution in [-0.4, -0.2) is 13.7 Å². The third kappa shape index (κ3) is 4.23. The molecule has 1 aliphatic carbocycles. The molecule has 1 aliphatic rings. The van der Waals surface area contributed by atoms with Gasteiger partial charge in [-0.2, -0.15) is 0 Å². The van der Waals surface area contributed by atoms with Crippen molar-refractivity contribution in [1.29, 1.82) is 0 Å². The Balaban J connectivity index is 2.04. The SMILES string of the molecule is CCNC(c1ccc(OC)cc1)C1CCC(C(C)C)CC1. The van der Waals surface area contributed by atoms with Gasteiger partial charge in [-0.25, -0.2) is 0 Å². The lowest BCUT2D eigenvalue weighted by Gasteiger charge is -2.36. The summed E-state index contributed by atoms with van der Waals surface area (Å²) in [7, 11) is 1.73. The van der Waals surface area contributed by atoms with Gasteiger partial charge in [-0.05, 0) is 67.7 Å². The van der Waals surface area contributed by atoms with Gasteiger partial charge in [-0.3, -0.25) is 0 Å². The van der Waals surface area contributed by atoms with Crippen molar-refractivity contribution in [1.82, 2.24) is 5.32 Å². The number of nitrogens with one attached hydrogen (secondary N) is 1. The highest BCUT2D eigenvalue weighted by atomic mass is 16.5. The molecular formula is C19H31NO. The molecule has 21 heavy (non-hydrogen) atoms. The summed E-state index contributed by atoms with van der Waals surface area (Å²) < 4.78 is 5.27. The lowest BCUT2D eigenvalue weighted by molar-refractivity contribution is 0.190. The Labute approximate surface area is 130 Å². The van der Waals surface area contributed by atoms with Crippen LogP contribution in [0.1, 0.15) is 58.1 Å². The molecule has 1 atom stereocenters. The quantitative estimate of drug-likeness (QED) is 0.811. The summed E-state index contributed by atoms with van der Waals surface area (Å²) in [5.74, 6) is 3.48. The van der Waals surface area contributed by atoms with E-state index in [-0.39, 0.29) is 0 Å². The maximum atomic E-state index is 5.27. The first-order valence-electron chi connectivity index (χ1n) is 8.53. The van der Waals surface area contributed by atoms with Gasteiger partial charge in [0.1, 0.15) is 5.75 Å². The zero-order chi connectivity index (χ0) is 15.2. The summed E-state index contributed by atoms with van der Waals surface area (Å²) in [4.78, 5) is 0. The molecule has 0 spiro atoms. The molecular weight excluding hydrogens is 258 g/mol. The van der Waals surface area contributed by atoms with Crippen molar-refractivity contribution in [3.05, 3.63) is 29.8 Å². The van der Waals surface area contributed by atoms with Crippen LogP contribution in [0.3, 0.4) is 0 Å². The molecule has 2 nitrogen and oxygen atoms in total. The van der Waals surface area contributed by atoms with Crippen molar-refractivity contribution in [2.45, 2.75) is 52.5 Å². The average molecular weight is 289 g/mol. The first-order valence-corrected chi connectivity index (χ1v) is 8.53. The van der Waals surface area contributed by atoms with Gasteiger partial charge in [0.05, 0.1) is 7.11 Å². The smallest absolute Gasteiger partial charge is 0.118 e. The van der Waals surface area contributed by atoms with Crippen LogP contribution >= 0.6 is 0 Å². The van der Waals surface area contributed by atoms with Gasteiger partial charge in [0, 0.05) is 6.04 Å². The van der Waals surface area contributed by atoms with Gasteiger partial charge < -0.3 is 10.1 Å². The topological polar surface area (TPSA) is 21.3 Å². The molecule has 2 rings (SSSR count). The number of rotatable bonds is 6. The van der Waals surface area contributed by atoms with E-state index in [9.17, 15) is 0 Å².